The number of nitrogens with one attached hydrogen (secondary N) is 1. The highest BCUT2D eigenvalue weighted by molar-refractivity contribution is 5.75. The van der Waals surface area contributed by atoms with Gasteiger partial charge in [0.25, 0.3) is 0 Å². The van der Waals surface area contributed by atoms with Gasteiger partial charge in [0.05, 0.1) is 6.42 Å². The molecule has 1 fully saturated rings. The third kappa shape index (κ3) is 6.33. The van der Waals surface area contributed by atoms with E-state index in [1.807, 2.05) is 6.92 Å². The quantitative estimate of drug-likeness (QED) is 0.749. The van der Waals surface area contributed by atoms with Gasteiger partial charge in [-0.25, -0.2) is 4.79 Å². The van der Waals surface area contributed by atoms with Gasteiger partial charge in [-0.2, -0.15) is 0 Å². The van der Waals surface area contributed by atoms with E-state index in [2.05, 4.69) is 17.3 Å². The van der Waals surface area contributed by atoms with E-state index in [4.69, 9.17) is 5.11 Å². The minimum Gasteiger partial charge on any atom is -0.481 e. The number of amides is 2. The monoisotopic (exact) mass is 299 g/mol. The summed E-state index contributed by atoms with van der Waals surface area (Å²) in [6, 6.07) is -0.435. The molecule has 6 heteroatoms. The number of aliphatic carboxylic acids is 1. The number of likely N-dealkylation sites (tertiary alicyclic amines) is 1. The van der Waals surface area contributed by atoms with Crippen molar-refractivity contribution >= 4 is 12.0 Å². The summed E-state index contributed by atoms with van der Waals surface area (Å²) in [4.78, 5) is 26.8. The highest BCUT2D eigenvalue weighted by Crippen LogP contribution is 2.18. The molecular weight excluding hydrogens is 270 g/mol. The molecule has 0 bridgehead atoms. The molecule has 0 aromatic rings. The van der Waals surface area contributed by atoms with Crippen LogP contribution in [-0.4, -0.2) is 66.2 Å². The van der Waals surface area contributed by atoms with Gasteiger partial charge in [0.15, 0.2) is 0 Å². The Morgan fingerprint density at radius 1 is 1.38 bits per heavy atom. The normalized spacial score (nSPS) is 18.2. The zero-order valence-corrected chi connectivity index (χ0v) is 13.5. The summed E-state index contributed by atoms with van der Waals surface area (Å²) in [7, 11) is 2.14. The van der Waals surface area contributed by atoms with Crippen molar-refractivity contribution in [3.63, 3.8) is 0 Å². The van der Waals surface area contributed by atoms with Crippen LogP contribution in [0.5, 0.6) is 0 Å². The van der Waals surface area contributed by atoms with Crippen LogP contribution in [0, 0.1) is 5.92 Å². The Morgan fingerprint density at radius 2 is 2.00 bits per heavy atom. The lowest BCUT2D eigenvalue weighted by molar-refractivity contribution is -0.138. The maximum absolute atomic E-state index is 12.1. The number of carboxylic acid groups (broad SMARTS) is 1. The molecule has 1 heterocycles. The molecule has 1 aliphatic heterocycles. The minimum absolute atomic E-state index is 0.0176. The average Bonchev–Trinajstić information content (AvgIpc) is 2.41. The van der Waals surface area contributed by atoms with Gasteiger partial charge in [-0.05, 0) is 59.2 Å². The van der Waals surface area contributed by atoms with E-state index >= 15 is 0 Å². The van der Waals surface area contributed by atoms with Crippen LogP contribution in [0.25, 0.3) is 0 Å². The summed E-state index contributed by atoms with van der Waals surface area (Å²) in [5.41, 5.74) is 0. The summed E-state index contributed by atoms with van der Waals surface area (Å²) in [5, 5.41) is 11.7. The Hall–Kier alpha value is -1.30. The molecule has 1 aliphatic rings. The number of carbonyl (C=O) groups excluding carboxylic acids is 1. The smallest absolute Gasteiger partial charge is 0.317 e. The molecule has 6 nitrogen and oxygen atoms in total. The van der Waals surface area contributed by atoms with Crippen LogP contribution >= 0.6 is 0 Å². The molecule has 1 rings (SSSR count). The zero-order chi connectivity index (χ0) is 15.8. The van der Waals surface area contributed by atoms with Gasteiger partial charge in [0, 0.05) is 19.1 Å². The summed E-state index contributed by atoms with van der Waals surface area (Å²) in [6.07, 6.45) is 3.37. The first kappa shape index (κ1) is 17.8. The fraction of sp³-hybridized carbons (Fsp3) is 0.867. The molecule has 0 aromatic heterocycles. The maximum Gasteiger partial charge on any atom is 0.317 e. The van der Waals surface area contributed by atoms with Crippen LogP contribution in [-0.2, 0) is 4.79 Å². The Bertz CT molecular complexity index is 341. The van der Waals surface area contributed by atoms with Crippen LogP contribution in [0.15, 0.2) is 0 Å². The molecule has 1 unspecified atom stereocenters. The number of piperidine rings is 1. The first-order valence-corrected chi connectivity index (χ1v) is 7.88. The van der Waals surface area contributed by atoms with Gasteiger partial charge in [0.1, 0.15) is 0 Å². The number of rotatable bonds is 7. The van der Waals surface area contributed by atoms with Crippen molar-refractivity contribution in [1.82, 2.24) is 15.1 Å². The molecule has 0 saturated carbocycles. The van der Waals surface area contributed by atoms with Crippen molar-refractivity contribution < 1.29 is 14.7 Å². The van der Waals surface area contributed by atoms with Crippen LogP contribution in [0.4, 0.5) is 4.79 Å². The third-order valence-corrected chi connectivity index (χ3v) is 4.27. The summed E-state index contributed by atoms with van der Waals surface area (Å²) >= 11 is 0. The average molecular weight is 299 g/mol. The van der Waals surface area contributed by atoms with Crippen molar-refractivity contribution in [3.05, 3.63) is 0 Å². The van der Waals surface area contributed by atoms with E-state index in [9.17, 15) is 9.59 Å². The Balaban J connectivity index is 2.29. The van der Waals surface area contributed by atoms with Crippen molar-refractivity contribution in [1.29, 1.82) is 0 Å². The maximum atomic E-state index is 12.1. The predicted octanol–water partition coefficient (Wildman–Crippen LogP) is 1.61. The highest BCUT2D eigenvalue weighted by atomic mass is 16.4. The molecule has 1 atom stereocenters. The minimum atomic E-state index is -0.875. The van der Waals surface area contributed by atoms with Gasteiger partial charge in [0.2, 0.25) is 0 Å². The van der Waals surface area contributed by atoms with Crippen molar-refractivity contribution in [2.75, 3.05) is 33.2 Å². The second kappa shape index (κ2) is 8.87. The molecule has 0 aliphatic carbocycles. The summed E-state index contributed by atoms with van der Waals surface area (Å²) in [5.74, 6) is -0.187. The largest absolute Gasteiger partial charge is 0.481 e. The van der Waals surface area contributed by atoms with Gasteiger partial charge < -0.3 is 20.2 Å². The number of carboxylic acids is 1. The van der Waals surface area contributed by atoms with E-state index in [-0.39, 0.29) is 18.5 Å². The molecule has 0 spiro atoms. The van der Waals surface area contributed by atoms with Crippen molar-refractivity contribution in [3.8, 4) is 0 Å². The molecular formula is C15H29N3O3. The SMILES string of the molecule is CCN(C(=O)NCCC1CCN(C)CC1)C(C)CC(=O)O. The topological polar surface area (TPSA) is 72.9 Å². The number of urea groups is 1. The van der Waals surface area contributed by atoms with Gasteiger partial charge in [-0.15, -0.1) is 0 Å². The van der Waals surface area contributed by atoms with Crippen molar-refractivity contribution in [2.24, 2.45) is 5.92 Å². The number of nitrogens with zero attached hydrogens (tertiary/aromatic N) is 2. The van der Waals surface area contributed by atoms with E-state index in [1.165, 1.54) is 12.8 Å². The van der Waals surface area contributed by atoms with Gasteiger partial charge in [-0.1, -0.05) is 0 Å². The molecule has 1 saturated heterocycles. The fourth-order valence-corrected chi connectivity index (χ4v) is 2.85. The van der Waals surface area contributed by atoms with E-state index in [0.29, 0.717) is 19.0 Å². The first-order valence-electron chi connectivity index (χ1n) is 7.88. The lowest BCUT2D eigenvalue weighted by Gasteiger charge is -2.30. The lowest BCUT2D eigenvalue weighted by Crippen LogP contribution is -2.46. The van der Waals surface area contributed by atoms with Crippen LogP contribution in [0.2, 0.25) is 0 Å². The third-order valence-electron chi connectivity index (χ3n) is 4.27. The van der Waals surface area contributed by atoms with Gasteiger partial charge >= 0.3 is 12.0 Å². The van der Waals surface area contributed by atoms with Crippen LogP contribution < -0.4 is 5.32 Å². The van der Waals surface area contributed by atoms with Gasteiger partial charge in [-0.3, -0.25) is 4.79 Å². The number of hydrogen-bond acceptors (Lipinski definition) is 3. The van der Waals surface area contributed by atoms with Crippen molar-refractivity contribution in [2.45, 2.75) is 45.6 Å². The molecule has 2 amide bonds. The molecule has 0 radical (unpaired) electrons. The van der Waals surface area contributed by atoms with E-state index in [0.717, 1.165) is 19.5 Å². The second-order valence-corrected chi connectivity index (χ2v) is 6.00. The standard InChI is InChI=1S/C15H29N3O3/c1-4-18(12(2)11-14(19)20)15(21)16-8-5-13-6-9-17(3)10-7-13/h12-13H,4-11H2,1-3H3,(H,16,21)(H,19,20). The Morgan fingerprint density at radius 3 is 2.52 bits per heavy atom. The molecule has 2 N–H and O–H groups in total. The summed E-state index contributed by atoms with van der Waals surface area (Å²) in [6.45, 7) is 7.10. The Kier molecular flexibility index (Phi) is 7.50. The number of carbonyl (C=O) groups is 2. The first-order chi connectivity index (χ1) is 9.93. The predicted molar refractivity (Wildman–Crippen MR) is 82.3 cm³/mol. The molecule has 21 heavy (non-hydrogen) atoms. The molecule has 0 aromatic carbocycles. The zero-order valence-electron chi connectivity index (χ0n) is 13.5. The fourth-order valence-electron chi connectivity index (χ4n) is 2.85. The Labute approximate surface area is 127 Å². The second-order valence-electron chi connectivity index (χ2n) is 6.00. The van der Waals surface area contributed by atoms with E-state index < -0.39 is 5.97 Å². The lowest BCUT2D eigenvalue weighted by atomic mass is 9.94. The van der Waals surface area contributed by atoms with E-state index in [1.54, 1.807) is 11.8 Å². The molecule has 122 valence electrons. The summed E-state index contributed by atoms with van der Waals surface area (Å²) < 4.78 is 0. The highest BCUT2D eigenvalue weighted by Gasteiger charge is 2.21. The van der Waals surface area contributed by atoms with Crippen LogP contribution in [0.1, 0.15) is 39.5 Å². The number of hydrogen-bond donors (Lipinski definition) is 2. The van der Waals surface area contributed by atoms with Crippen LogP contribution in [0.3, 0.4) is 0 Å².